The minimum absolute atomic E-state index is 0.501. The predicted molar refractivity (Wildman–Crippen MR) is 77.2 cm³/mol. The third-order valence-corrected chi connectivity index (χ3v) is 3.44. The number of nitrogens with two attached hydrogens (primary N) is 1. The summed E-state index contributed by atoms with van der Waals surface area (Å²) in [6, 6.07) is 3.85. The lowest BCUT2D eigenvalue weighted by Crippen LogP contribution is -2.13. The Morgan fingerprint density at radius 2 is 2.15 bits per heavy atom. The molecule has 0 unspecified atom stereocenters. The molecule has 1 fully saturated rings. The largest absolute Gasteiger partial charge is 0.370 e. The van der Waals surface area contributed by atoms with E-state index >= 15 is 0 Å². The molecule has 1 aliphatic rings. The zero-order chi connectivity index (χ0) is 13.9. The monoisotopic (exact) mass is 273 g/mol. The smallest absolute Gasteiger partial charge is 0.145 e. The molecule has 0 amide bonds. The molecule has 1 aliphatic carbocycles. The van der Waals surface area contributed by atoms with Gasteiger partial charge < -0.3 is 10.7 Å². The lowest BCUT2D eigenvalue weighted by molar-refractivity contribution is 0.710. The highest BCUT2D eigenvalue weighted by Crippen LogP contribution is 2.38. The molecular formula is C13H19N7. The van der Waals surface area contributed by atoms with Crippen LogP contribution in [0, 0.1) is 0 Å². The van der Waals surface area contributed by atoms with Crippen LogP contribution in [0.3, 0.4) is 0 Å². The van der Waals surface area contributed by atoms with Crippen LogP contribution in [0.2, 0.25) is 0 Å². The topological polar surface area (TPSA) is 93.7 Å². The van der Waals surface area contributed by atoms with E-state index in [9.17, 15) is 0 Å². The fourth-order valence-corrected chi connectivity index (χ4v) is 2.12. The van der Waals surface area contributed by atoms with Crippen LogP contribution >= 0.6 is 0 Å². The van der Waals surface area contributed by atoms with Gasteiger partial charge in [-0.2, -0.15) is 5.10 Å². The Morgan fingerprint density at radius 3 is 2.80 bits per heavy atom. The number of anilines is 2. The molecule has 2 aromatic heterocycles. The molecule has 4 N–H and O–H groups in total. The molecule has 0 spiro atoms. The highest BCUT2D eigenvalue weighted by atomic mass is 15.3. The number of aromatic nitrogens is 4. The van der Waals surface area contributed by atoms with Gasteiger partial charge in [-0.3, -0.25) is 4.68 Å². The summed E-state index contributed by atoms with van der Waals surface area (Å²) in [7, 11) is 1.95. The van der Waals surface area contributed by atoms with Gasteiger partial charge in [0, 0.05) is 43.9 Å². The number of hydrogen-bond acceptors (Lipinski definition) is 6. The van der Waals surface area contributed by atoms with Crippen LogP contribution in [-0.4, -0.2) is 26.3 Å². The number of aryl methyl sites for hydroxylation is 1. The number of nitrogens with one attached hydrogen (secondary N) is 2. The fraction of sp³-hybridized carbons (Fsp3) is 0.462. The molecule has 2 aromatic rings. The molecule has 7 nitrogen and oxygen atoms in total. The third kappa shape index (κ3) is 2.88. The first-order chi connectivity index (χ1) is 9.76. The van der Waals surface area contributed by atoms with Crippen molar-refractivity contribution in [2.75, 3.05) is 17.3 Å². The lowest BCUT2D eigenvalue weighted by Gasteiger charge is -2.09. The van der Waals surface area contributed by atoms with Crippen LogP contribution < -0.4 is 16.6 Å². The highest BCUT2D eigenvalue weighted by molar-refractivity contribution is 5.47. The SMILES string of the molecule is Cn1nccc1CCNc1cc(NN)nc(C2CC2)n1. The van der Waals surface area contributed by atoms with Crippen LogP contribution in [0.15, 0.2) is 18.3 Å². The minimum Gasteiger partial charge on any atom is -0.370 e. The van der Waals surface area contributed by atoms with E-state index in [0.29, 0.717) is 11.7 Å². The summed E-state index contributed by atoms with van der Waals surface area (Å²) >= 11 is 0. The lowest BCUT2D eigenvalue weighted by atomic mass is 10.3. The molecule has 2 heterocycles. The summed E-state index contributed by atoms with van der Waals surface area (Å²) in [5, 5.41) is 7.47. The molecule has 3 rings (SSSR count). The van der Waals surface area contributed by atoms with Gasteiger partial charge in [-0.05, 0) is 18.9 Å². The van der Waals surface area contributed by atoms with Crippen LogP contribution in [-0.2, 0) is 13.5 Å². The summed E-state index contributed by atoms with van der Waals surface area (Å²) in [5.74, 6) is 8.31. The second-order valence-corrected chi connectivity index (χ2v) is 5.04. The first-order valence-corrected chi connectivity index (χ1v) is 6.82. The maximum absolute atomic E-state index is 5.45. The first-order valence-electron chi connectivity index (χ1n) is 6.82. The number of hydrogen-bond donors (Lipinski definition) is 3. The minimum atomic E-state index is 0.501. The standard InChI is InChI=1S/C13H19N7/c1-20-10(5-7-16-20)4-6-15-11-8-12(19-14)18-13(17-11)9-2-3-9/h5,7-9H,2-4,6,14H2,1H3,(H2,15,17,18,19). The van der Waals surface area contributed by atoms with E-state index in [-0.39, 0.29) is 0 Å². The van der Waals surface area contributed by atoms with E-state index in [0.717, 1.165) is 24.6 Å². The van der Waals surface area contributed by atoms with Crippen molar-refractivity contribution in [3.8, 4) is 0 Å². The van der Waals surface area contributed by atoms with Gasteiger partial charge >= 0.3 is 0 Å². The molecule has 7 heteroatoms. The van der Waals surface area contributed by atoms with E-state index in [1.807, 2.05) is 30.1 Å². The normalized spacial score (nSPS) is 14.3. The molecular weight excluding hydrogens is 254 g/mol. The molecule has 0 aliphatic heterocycles. The second-order valence-electron chi connectivity index (χ2n) is 5.04. The maximum atomic E-state index is 5.45. The van der Waals surface area contributed by atoms with Crippen LogP contribution in [0.1, 0.15) is 30.3 Å². The van der Waals surface area contributed by atoms with Crippen molar-refractivity contribution >= 4 is 11.6 Å². The molecule has 0 radical (unpaired) electrons. The first kappa shape index (κ1) is 12.9. The Balaban J connectivity index is 1.64. The zero-order valence-electron chi connectivity index (χ0n) is 11.5. The van der Waals surface area contributed by atoms with Crippen molar-refractivity contribution < 1.29 is 0 Å². The van der Waals surface area contributed by atoms with Crippen molar-refractivity contribution in [2.24, 2.45) is 12.9 Å². The van der Waals surface area contributed by atoms with E-state index in [1.54, 1.807) is 0 Å². The van der Waals surface area contributed by atoms with Crippen molar-refractivity contribution in [3.05, 3.63) is 29.8 Å². The highest BCUT2D eigenvalue weighted by Gasteiger charge is 2.27. The van der Waals surface area contributed by atoms with Crippen LogP contribution in [0.5, 0.6) is 0 Å². The predicted octanol–water partition coefficient (Wildman–Crippen LogP) is 1.03. The van der Waals surface area contributed by atoms with Gasteiger partial charge in [0.05, 0.1) is 0 Å². The third-order valence-electron chi connectivity index (χ3n) is 3.44. The summed E-state index contributed by atoms with van der Waals surface area (Å²) in [6.45, 7) is 0.796. The zero-order valence-corrected chi connectivity index (χ0v) is 11.5. The van der Waals surface area contributed by atoms with Gasteiger partial charge in [-0.15, -0.1) is 0 Å². The molecule has 0 saturated heterocycles. The second kappa shape index (κ2) is 5.46. The number of rotatable bonds is 6. The quantitative estimate of drug-likeness (QED) is 0.537. The van der Waals surface area contributed by atoms with E-state index in [4.69, 9.17) is 5.84 Å². The molecule has 0 aromatic carbocycles. The summed E-state index contributed by atoms with van der Waals surface area (Å²) < 4.78 is 1.88. The summed E-state index contributed by atoms with van der Waals surface area (Å²) in [5.41, 5.74) is 3.78. The number of hydrazine groups is 1. The summed E-state index contributed by atoms with van der Waals surface area (Å²) in [6.07, 6.45) is 5.04. The van der Waals surface area contributed by atoms with Gasteiger partial charge in [0.2, 0.25) is 0 Å². The Labute approximate surface area is 117 Å². The summed E-state index contributed by atoms with van der Waals surface area (Å²) in [4.78, 5) is 8.93. The van der Waals surface area contributed by atoms with E-state index in [1.165, 1.54) is 18.5 Å². The molecule has 1 saturated carbocycles. The van der Waals surface area contributed by atoms with E-state index in [2.05, 4.69) is 25.8 Å². The molecule has 0 bridgehead atoms. The number of nitrogens with zero attached hydrogens (tertiary/aromatic N) is 4. The van der Waals surface area contributed by atoms with Gasteiger partial charge in [-0.25, -0.2) is 15.8 Å². The molecule has 106 valence electrons. The van der Waals surface area contributed by atoms with Crippen molar-refractivity contribution in [1.29, 1.82) is 0 Å². The van der Waals surface area contributed by atoms with Crippen LogP contribution in [0.25, 0.3) is 0 Å². The van der Waals surface area contributed by atoms with Crippen molar-refractivity contribution in [2.45, 2.75) is 25.2 Å². The average molecular weight is 273 g/mol. The van der Waals surface area contributed by atoms with Gasteiger partial charge in [-0.1, -0.05) is 0 Å². The average Bonchev–Trinajstić information content (AvgIpc) is 3.23. The molecule has 0 atom stereocenters. The van der Waals surface area contributed by atoms with Crippen molar-refractivity contribution in [3.63, 3.8) is 0 Å². The fourth-order valence-electron chi connectivity index (χ4n) is 2.12. The molecule has 20 heavy (non-hydrogen) atoms. The van der Waals surface area contributed by atoms with Gasteiger partial charge in [0.1, 0.15) is 17.5 Å². The number of nitrogen functional groups attached to an aromatic ring is 1. The Kier molecular flexibility index (Phi) is 3.51. The maximum Gasteiger partial charge on any atom is 0.145 e. The Hall–Kier alpha value is -2.15. The van der Waals surface area contributed by atoms with Gasteiger partial charge in [0.15, 0.2) is 0 Å². The van der Waals surface area contributed by atoms with Gasteiger partial charge in [0.25, 0.3) is 0 Å². The van der Waals surface area contributed by atoms with Crippen LogP contribution in [0.4, 0.5) is 11.6 Å². The Morgan fingerprint density at radius 1 is 1.35 bits per heavy atom. The van der Waals surface area contributed by atoms with E-state index < -0.39 is 0 Å². The Bertz CT molecular complexity index is 588. The van der Waals surface area contributed by atoms with Crippen molar-refractivity contribution in [1.82, 2.24) is 19.7 Å².